The van der Waals surface area contributed by atoms with Gasteiger partial charge in [0.25, 0.3) is 0 Å². The standard InChI is InChI=1S/C9H13F3N6/c10-9(11,12)4-18(5-1-2-5)7-3-6(17-14)15-8(13)16-7/h3,5H,1-2,4,14H2,(H3,13,15,16,17). The average molecular weight is 262 g/mol. The average Bonchev–Trinajstić information content (AvgIpc) is 3.07. The molecule has 0 radical (unpaired) electrons. The van der Waals surface area contributed by atoms with E-state index in [1.165, 1.54) is 11.0 Å². The number of alkyl halides is 3. The minimum atomic E-state index is -4.29. The molecule has 18 heavy (non-hydrogen) atoms. The number of hydrogen-bond acceptors (Lipinski definition) is 6. The summed E-state index contributed by atoms with van der Waals surface area (Å²) in [5.41, 5.74) is 7.68. The molecule has 0 aliphatic heterocycles. The van der Waals surface area contributed by atoms with Crippen molar-refractivity contribution in [1.29, 1.82) is 0 Å². The Morgan fingerprint density at radius 3 is 2.56 bits per heavy atom. The van der Waals surface area contributed by atoms with E-state index in [-0.39, 0.29) is 23.6 Å². The van der Waals surface area contributed by atoms with E-state index in [0.717, 1.165) is 0 Å². The van der Waals surface area contributed by atoms with E-state index in [1.807, 2.05) is 0 Å². The Bertz CT molecular complexity index is 431. The van der Waals surface area contributed by atoms with Gasteiger partial charge in [-0.15, -0.1) is 0 Å². The molecule has 1 aliphatic rings. The van der Waals surface area contributed by atoms with Crippen molar-refractivity contribution in [2.75, 3.05) is 22.6 Å². The fourth-order valence-electron chi connectivity index (χ4n) is 1.65. The summed E-state index contributed by atoms with van der Waals surface area (Å²) in [6, 6.07) is 1.20. The number of nitrogens with two attached hydrogens (primary N) is 2. The third kappa shape index (κ3) is 3.13. The molecule has 1 aliphatic carbocycles. The molecule has 0 saturated heterocycles. The molecule has 1 fully saturated rings. The van der Waals surface area contributed by atoms with Crippen molar-refractivity contribution in [1.82, 2.24) is 9.97 Å². The predicted octanol–water partition coefficient (Wildman–Crippen LogP) is 0.875. The first-order valence-corrected chi connectivity index (χ1v) is 5.33. The molecule has 2 rings (SSSR count). The quantitative estimate of drug-likeness (QED) is 0.551. The molecular weight excluding hydrogens is 249 g/mol. The third-order valence-electron chi connectivity index (χ3n) is 2.51. The highest BCUT2D eigenvalue weighted by Crippen LogP contribution is 2.34. The van der Waals surface area contributed by atoms with Gasteiger partial charge in [-0.3, -0.25) is 0 Å². The van der Waals surface area contributed by atoms with Gasteiger partial charge in [0.1, 0.15) is 18.2 Å². The van der Waals surface area contributed by atoms with Gasteiger partial charge in [-0.2, -0.15) is 23.1 Å². The highest BCUT2D eigenvalue weighted by atomic mass is 19.4. The first-order chi connectivity index (χ1) is 8.39. The zero-order valence-corrected chi connectivity index (χ0v) is 9.41. The Kier molecular flexibility index (Phi) is 3.16. The number of nitrogens with zero attached hydrogens (tertiary/aromatic N) is 3. The van der Waals surface area contributed by atoms with Gasteiger partial charge in [0.05, 0.1) is 0 Å². The van der Waals surface area contributed by atoms with Crippen LogP contribution in [0.4, 0.5) is 30.8 Å². The van der Waals surface area contributed by atoms with Crippen molar-refractivity contribution < 1.29 is 13.2 Å². The topological polar surface area (TPSA) is 93.1 Å². The zero-order valence-electron chi connectivity index (χ0n) is 9.41. The molecule has 1 aromatic rings. The van der Waals surface area contributed by atoms with Crippen molar-refractivity contribution in [2.45, 2.75) is 25.1 Å². The normalized spacial score (nSPS) is 15.6. The Labute approximate surface area is 101 Å². The summed E-state index contributed by atoms with van der Waals surface area (Å²) in [5, 5.41) is 0. The number of hydrazine groups is 1. The van der Waals surface area contributed by atoms with E-state index < -0.39 is 12.7 Å². The summed E-state index contributed by atoms with van der Waals surface area (Å²) >= 11 is 0. The highest BCUT2D eigenvalue weighted by Gasteiger charge is 2.39. The van der Waals surface area contributed by atoms with Crippen molar-refractivity contribution in [2.24, 2.45) is 5.84 Å². The van der Waals surface area contributed by atoms with Crippen LogP contribution >= 0.6 is 0 Å². The number of rotatable bonds is 4. The molecular formula is C9H13F3N6. The molecule has 0 unspecified atom stereocenters. The zero-order chi connectivity index (χ0) is 13.3. The smallest absolute Gasteiger partial charge is 0.368 e. The SMILES string of the molecule is NNc1cc(N(CC(F)(F)F)C2CC2)nc(N)n1. The van der Waals surface area contributed by atoms with Crippen LogP contribution in [-0.4, -0.2) is 28.7 Å². The fourth-order valence-corrected chi connectivity index (χ4v) is 1.65. The van der Waals surface area contributed by atoms with Crippen LogP contribution in [0.5, 0.6) is 0 Å². The summed E-state index contributed by atoms with van der Waals surface area (Å²) in [6.45, 7) is -1.06. The second-order valence-electron chi connectivity index (χ2n) is 4.09. The van der Waals surface area contributed by atoms with Crippen LogP contribution in [-0.2, 0) is 0 Å². The van der Waals surface area contributed by atoms with Crippen LogP contribution in [0, 0.1) is 0 Å². The molecule has 9 heteroatoms. The van der Waals surface area contributed by atoms with Crippen LogP contribution in [0.3, 0.4) is 0 Å². The van der Waals surface area contributed by atoms with E-state index in [2.05, 4.69) is 15.4 Å². The van der Waals surface area contributed by atoms with E-state index in [4.69, 9.17) is 11.6 Å². The number of aromatic nitrogens is 2. The van der Waals surface area contributed by atoms with Gasteiger partial charge in [0, 0.05) is 12.1 Å². The van der Waals surface area contributed by atoms with Gasteiger partial charge < -0.3 is 16.1 Å². The minimum Gasteiger partial charge on any atom is -0.368 e. The molecule has 0 aromatic carbocycles. The van der Waals surface area contributed by atoms with Gasteiger partial charge >= 0.3 is 6.18 Å². The Morgan fingerprint density at radius 2 is 2.06 bits per heavy atom. The van der Waals surface area contributed by atoms with Crippen LogP contribution in [0.15, 0.2) is 6.07 Å². The number of halogens is 3. The lowest BCUT2D eigenvalue weighted by atomic mass is 10.4. The molecule has 0 spiro atoms. The van der Waals surface area contributed by atoms with Crippen LogP contribution in [0.25, 0.3) is 0 Å². The Hall–Kier alpha value is -1.77. The van der Waals surface area contributed by atoms with Crippen LogP contribution in [0.1, 0.15) is 12.8 Å². The molecule has 1 saturated carbocycles. The van der Waals surface area contributed by atoms with Crippen molar-refractivity contribution in [3.8, 4) is 0 Å². The highest BCUT2D eigenvalue weighted by molar-refractivity contribution is 5.53. The maximum Gasteiger partial charge on any atom is 0.405 e. The van der Waals surface area contributed by atoms with E-state index in [9.17, 15) is 13.2 Å². The molecule has 1 heterocycles. The van der Waals surface area contributed by atoms with Gasteiger partial charge in [-0.05, 0) is 12.8 Å². The second kappa shape index (κ2) is 4.48. The summed E-state index contributed by atoms with van der Waals surface area (Å²) < 4.78 is 37.5. The Balaban J connectivity index is 2.27. The monoisotopic (exact) mass is 262 g/mol. The van der Waals surface area contributed by atoms with Gasteiger partial charge in [0.15, 0.2) is 0 Å². The lowest BCUT2D eigenvalue weighted by molar-refractivity contribution is -0.120. The number of hydrogen-bond donors (Lipinski definition) is 3. The van der Waals surface area contributed by atoms with Crippen LogP contribution in [0.2, 0.25) is 0 Å². The lowest BCUT2D eigenvalue weighted by Gasteiger charge is -2.25. The van der Waals surface area contributed by atoms with Crippen molar-refractivity contribution in [3.63, 3.8) is 0 Å². The molecule has 100 valence electrons. The van der Waals surface area contributed by atoms with Gasteiger partial charge in [-0.25, -0.2) is 5.84 Å². The molecule has 0 bridgehead atoms. The molecule has 0 atom stereocenters. The largest absolute Gasteiger partial charge is 0.405 e. The van der Waals surface area contributed by atoms with Crippen LogP contribution < -0.4 is 21.9 Å². The summed E-state index contributed by atoms with van der Waals surface area (Å²) in [6.07, 6.45) is -2.87. The lowest BCUT2D eigenvalue weighted by Crippen LogP contribution is -2.36. The van der Waals surface area contributed by atoms with E-state index in [1.54, 1.807) is 0 Å². The molecule has 1 aromatic heterocycles. The second-order valence-corrected chi connectivity index (χ2v) is 4.09. The minimum absolute atomic E-state index is 0.117. The number of nitrogens with one attached hydrogen (secondary N) is 1. The van der Waals surface area contributed by atoms with Gasteiger partial charge in [-0.1, -0.05) is 0 Å². The maximum absolute atomic E-state index is 12.5. The van der Waals surface area contributed by atoms with E-state index in [0.29, 0.717) is 12.8 Å². The molecule has 6 nitrogen and oxygen atoms in total. The first-order valence-electron chi connectivity index (χ1n) is 5.33. The summed E-state index contributed by atoms with van der Waals surface area (Å²) in [4.78, 5) is 8.74. The maximum atomic E-state index is 12.5. The summed E-state index contributed by atoms with van der Waals surface area (Å²) in [7, 11) is 0. The van der Waals surface area contributed by atoms with Gasteiger partial charge in [0.2, 0.25) is 5.95 Å². The van der Waals surface area contributed by atoms with E-state index >= 15 is 0 Å². The molecule has 0 amide bonds. The molecule has 5 N–H and O–H groups in total. The van der Waals surface area contributed by atoms with Crippen molar-refractivity contribution in [3.05, 3.63) is 6.07 Å². The number of anilines is 3. The predicted molar refractivity (Wildman–Crippen MR) is 60.7 cm³/mol. The third-order valence-corrected chi connectivity index (χ3v) is 2.51. The number of nitrogen functional groups attached to an aromatic ring is 2. The Morgan fingerprint density at radius 1 is 1.39 bits per heavy atom. The fraction of sp³-hybridized carbons (Fsp3) is 0.556. The first kappa shape index (κ1) is 12.7. The van der Waals surface area contributed by atoms with Crippen molar-refractivity contribution >= 4 is 17.6 Å². The summed E-state index contributed by atoms with van der Waals surface area (Å²) in [5.74, 6) is 5.37.